The molecule has 0 saturated heterocycles. The van der Waals surface area contributed by atoms with Crippen LogP contribution in [0.2, 0.25) is 0 Å². The first kappa shape index (κ1) is 10.1. The summed E-state index contributed by atoms with van der Waals surface area (Å²) >= 11 is 0. The Labute approximate surface area is 90.5 Å². The Bertz CT molecular complexity index is 513. The van der Waals surface area contributed by atoms with Crippen LogP contribution in [0.4, 0.5) is 5.69 Å². The molecule has 5 nitrogen and oxygen atoms in total. The minimum absolute atomic E-state index is 0.0454. The van der Waals surface area contributed by atoms with Gasteiger partial charge in [-0.2, -0.15) is 0 Å². The van der Waals surface area contributed by atoms with Gasteiger partial charge in [0.1, 0.15) is 0 Å². The lowest BCUT2D eigenvalue weighted by molar-refractivity contribution is -0.384. The third-order valence-electron chi connectivity index (χ3n) is 2.09. The van der Waals surface area contributed by atoms with Gasteiger partial charge in [0.05, 0.1) is 11.2 Å². The van der Waals surface area contributed by atoms with Gasteiger partial charge in [-0.1, -0.05) is 0 Å². The summed E-state index contributed by atoms with van der Waals surface area (Å²) in [6, 6.07) is 8.54. The molecule has 80 valence electrons. The third-order valence-corrected chi connectivity index (χ3v) is 2.09. The maximum Gasteiger partial charge on any atom is 0.269 e. The van der Waals surface area contributed by atoms with Gasteiger partial charge in [-0.05, 0) is 24.3 Å². The van der Waals surface area contributed by atoms with Crippen LogP contribution in [0.1, 0.15) is 16.1 Å². The second kappa shape index (κ2) is 3.98. The Morgan fingerprint density at radius 1 is 1.19 bits per heavy atom. The molecule has 0 aliphatic heterocycles. The van der Waals surface area contributed by atoms with Crippen LogP contribution in [0, 0.1) is 10.1 Å². The molecule has 2 aromatic rings. The lowest BCUT2D eigenvalue weighted by atomic mass is 10.1. The zero-order chi connectivity index (χ0) is 11.5. The molecule has 1 heterocycles. The third kappa shape index (κ3) is 1.83. The monoisotopic (exact) mass is 217 g/mol. The minimum atomic E-state index is -0.513. The molecule has 0 unspecified atom stereocenters. The summed E-state index contributed by atoms with van der Waals surface area (Å²) in [5.74, 6) is -0.0752. The maximum absolute atomic E-state index is 11.7. The summed E-state index contributed by atoms with van der Waals surface area (Å²) in [6.07, 6.45) is 1.40. The van der Waals surface area contributed by atoms with E-state index in [0.29, 0.717) is 5.56 Å². The number of carbonyl (C=O) groups excluding carboxylic acids is 1. The highest BCUT2D eigenvalue weighted by Crippen LogP contribution is 2.15. The van der Waals surface area contributed by atoms with Gasteiger partial charge in [0, 0.05) is 17.7 Å². The number of rotatable bonds is 3. The molecule has 2 rings (SSSR count). The molecular formula is C11H7NO4. The molecule has 0 fully saturated rings. The van der Waals surface area contributed by atoms with Crippen LogP contribution in [0.25, 0.3) is 0 Å². The number of furan rings is 1. The fourth-order valence-electron chi connectivity index (χ4n) is 1.28. The van der Waals surface area contributed by atoms with Crippen molar-refractivity contribution in [3.8, 4) is 0 Å². The molecule has 1 aromatic heterocycles. The first-order valence-corrected chi connectivity index (χ1v) is 4.51. The quantitative estimate of drug-likeness (QED) is 0.449. The Kier molecular flexibility index (Phi) is 2.51. The second-order valence-corrected chi connectivity index (χ2v) is 3.11. The van der Waals surface area contributed by atoms with Gasteiger partial charge < -0.3 is 4.42 Å². The van der Waals surface area contributed by atoms with Crippen molar-refractivity contribution in [3.63, 3.8) is 0 Å². The molecule has 0 N–H and O–H groups in total. The van der Waals surface area contributed by atoms with E-state index in [1.165, 1.54) is 30.5 Å². The number of nitro benzene ring substituents is 1. The first-order valence-electron chi connectivity index (χ1n) is 4.51. The molecule has 0 spiro atoms. The molecule has 0 atom stereocenters. The number of ketones is 1. The topological polar surface area (TPSA) is 73.3 Å². The number of carbonyl (C=O) groups is 1. The van der Waals surface area contributed by atoms with Crippen molar-refractivity contribution in [2.75, 3.05) is 0 Å². The largest absolute Gasteiger partial charge is 0.461 e. The fraction of sp³-hybridized carbons (Fsp3) is 0. The van der Waals surface area contributed by atoms with Gasteiger partial charge in [-0.25, -0.2) is 0 Å². The number of hydrogen-bond acceptors (Lipinski definition) is 4. The highest BCUT2D eigenvalue weighted by atomic mass is 16.6. The van der Waals surface area contributed by atoms with Crippen molar-refractivity contribution in [1.29, 1.82) is 0 Å². The number of benzene rings is 1. The summed E-state index contributed by atoms with van der Waals surface area (Å²) in [7, 11) is 0. The summed E-state index contributed by atoms with van der Waals surface area (Å²) < 4.78 is 4.94. The van der Waals surface area contributed by atoms with E-state index in [2.05, 4.69) is 0 Å². The van der Waals surface area contributed by atoms with E-state index in [9.17, 15) is 14.9 Å². The molecule has 0 radical (unpaired) electrons. The Morgan fingerprint density at radius 2 is 1.88 bits per heavy atom. The van der Waals surface area contributed by atoms with Crippen LogP contribution in [0.5, 0.6) is 0 Å². The predicted molar refractivity (Wildman–Crippen MR) is 55.2 cm³/mol. The van der Waals surface area contributed by atoms with Gasteiger partial charge in [0.2, 0.25) is 5.78 Å². The van der Waals surface area contributed by atoms with Crippen molar-refractivity contribution < 1.29 is 14.1 Å². The number of non-ortho nitro benzene ring substituents is 1. The second-order valence-electron chi connectivity index (χ2n) is 3.11. The molecule has 0 saturated carbocycles. The van der Waals surface area contributed by atoms with Gasteiger partial charge >= 0.3 is 0 Å². The fourth-order valence-corrected chi connectivity index (χ4v) is 1.28. The van der Waals surface area contributed by atoms with Gasteiger partial charge in [0.15, 0.2) is 5.76 Å². The summed E-state index contributed by atoms with van der Waals surface area (Å²) in [5.41, 5.74) is 0.316. The summed E-state index contributed by atoms with van der Waals surface area (Å²) in [4.78, 5) is 21.6. The Morgan fingerprint density at radius 3 is 2.38 bits per heavy atom. The summed E-state index contributed by atoms with van der Waals surface area (Å²) in [6.45, 7) is 0. The lowest BCUT2D eigenvalue weighted by Crippen LogP contribution is -1.99. The molecule has 0 bridgehead atoms. The summed E-state index contributed by atoms with van der Waals surface area (Å²) in [5, 5.41) is 10.4. The van der Waals surface area contributed by atoms with Crippen molar-refractivity contribution in [3.05, 3.63) is 64.1 Å². The average molecular weight is 217 g/mol. The molecule has 0 aliphatic rings. The van der Waals surface area contributed by atoms with Crippen LogP contribution in [0.3, 0.4) is 0 Å². The van der Waals surface area contributed by atoms with E-state index in [-0.39, 0.29) is 17.2 Å². The van der Waals surface area contributed by atoms with Crippen molar-refractivity contribution in [1.82, 2.24) is 0 Å². The molecule has 0 aliphatic carbocycles. The zero-order valence-electron chi connectivity index (χ0n) is 8.12. The molecular weight excluding hydrogens is 210 g/mol. The van der Waals surface area contributed by atoms with Crippen molar-refractivity contribution in [2.45, 2.75) is 0 Å². The highest BCUT2D eigenvalue weighted by Gasteiger charge is 2.13. The number of nitro groups is 1. The molecule has 0 amide bonds. The van der Waals surface area contributed by atoms with Crippen LogP contribution in [-0.4, -0.2) is 10.7 Å². The SMILES string of the molecule is O=C(c1ccc([N+](=O)[O-])cc1)c1ccco1. The minimum Gasteiger partial charge on any atom is -0.461 e. The molecule has 1 aromatic carbocycles. The Balaban J connectivity index is 2.29. The van der Waals surface area contributed by atoms with Gasteiger partial charge in [-0.15, -0.1) is 0 Å². The number of nitrogens with zero attached hydrogens (tertiary/aromatic N) is 1. The first-order chi connectivity index (χ1) is 7.68. The number of hydrogen-bond donors (Lipinski definition) is 0. The van der Waals surface area contributed by atoms with Crippen molar-refractivity contribution in [2.24, 2.45) is 0 Å². The van der Waals surface area contributed by atoms with Crippen LogP contribution in [0.15, 0.2) is 47.1 Å². The van der Waals surface area contributed by atoms with E-state index >= 15 is 0 Å². The zero-order valence-corrected chi connectivity index (χ0v) is 8.12. The van der Waals surface area contributed by atoms with E-state index in [0.717, 1.165) is 0 Å². The van der Waals surface area contributed by atoms with Crippen LogP contribution >= 0.6 is 0 Å². The highest BCUT2D eigenvalue weighted by molar-refractivity contribution is 6.07. The Hall–Kier alpha value is -2.43. The lowest BCUT2D eigenvalue weighted by Gasteiger charge is -1.96. The van der Waals surface area contributed by atoms with Gasteiger partial charge in [-0.3, -0.25) is 14.9 Å². The van der Waals surface area contributed by atoms with Gasteiger partial charge in [0.25, 0.3) is 5.69 Å². The van der Waals surface area contributed by atoms with E-state index < -0.39 is 4.92 Å². The normalized spacial score (nSPS) is 10.0. The van der Waals surface area contributed by atoms with Crippen LogP contribution in [-0.2, 0) is 0 Å². The standard InChI is InChI=1S/C11H7NO4/c13-11(10-2-1-7-16-10)8-3-5-9(6-4-8)12(14)15/h1-7H. The van der Waals surface area contributed by atoms with E-state index in [1.807, 2.05) is 0 Å². The smallest absolute Gasteiger partial charge is 0.269 e. The van der Waals surface area contributed by atoms with E-state index in [1.54, 1.807) is 12.1 Å². The molecule has 5 heteroatoms. The average Bonchev–Trinajstić information content (AvgIpc) is 2.81. The van der Waals surface area contributed by atoms with Crippen LogP contribution < -0.4 is 0 Å². The van der Waals surface area contributed by atoms with E-state index in [4.69, 9.17) is 4.42 Å². The van der Waals surface area contributed by atoms with Crippen molar-refractivity contribution >= 4 is 11.5 Å². The molecule has 16 heavy (non-hydrogen) atoms. The predicted octanol–water partition coefficient (Wildman–Crippen LogP) is 2.42. The maximum atomic E-state index is 11.7.